The number of nitrogens with zero attached hydrogens (tertiary/aromatic N) is 1. The molecule has 0 fully saturated rings. The Morgan fingerprint density at radius 2 is 1.88 bits per heavy atom. The fourth-order valence-electron chi connectivity index (χ4n) is 2.10. The van der Waals surface area contributed by atoms with Crippen LogP contribution in [0, 0.1) is 6.92 Å². The number of carbonyl (C=O) groups is 1. The first-order valence-electron chi connectivity index (χ1n) is 6.97. The van der Waals surface area contributed by atoms with Crippen LogP contribution in [0.5, 0.6) is 0 Å². The molecule has 0 radical (unpaired) electrons. The number of anilines is 1. The minimum absolute atomic E-state index is 0.169. The highest BCUT2D eigenvalue weighted by Gasteiger charge is 2.17. The first kappa shape index (κ1) is 16.4. The summed E-state index contributed by atoms with van der Waals surface area (Å²) in [5, 5.41) is 0.243. The van der Waals surface area contributed by atoms with Crippen LogP contribution in [0.2, 0.25) is 0 Å². The minimum atomic E-state index is -3.70. The number of hydrogen-bond donors (Lipinski definition) is 1. The van der Waals surface area contributed by atoms with Crippen LogP contribution in [-0.4, -0.2) is 26.5 Å². The number of ether oxygens (including phenoxy) is 1. The van der Waals surface area contributed by atoms with Gasteiger partial charge in [0.05, 0.1) is 27.8 Å². The minimum Gasteiger partial charge on any atom is -0.465 e. The molecule has 3 aromatic rings. The summed E-state index contributed by atoms with van der Waals surface area (Å²) in [7, 11) is -2.40. The van der Waals surface area contributed by atoms with E-state index in [9.17, 15) is 13.2 Å². The second kappa shape index (κ2) is 6.21. The van der Waals surface area contributed by atoms with Gasteiger partial charge in [-0.15, -0.1) is 0 Å². The van der Waals surface area contributed by atoms with Crippen molar-refractivity contribution in [3.05, 3.63) is 53.6 Å². The van der Waals surface area contributed by atoms with E-state index in [1.54, 1.807) is 42.5 Å². The lowest BCUT2D eigenvalue weighted by Crippen LogP contribution is -2.12. The second-order valence-electron chi connectivity index (χ2n) is 5.11. The van der Waals surface area contributed by atoms with Crippen molar-refractivity contribution in [1.82, 2.24) is 4.98 Å². The van der Waals surface area contributed by atoms with Crippen LogP contribution < -0.4 is 4.72 Å². The van der Waals surface area contributed by atoms with Crippen molar-refractivity contribution in [3.63, 3.8) is 0 Å². The van der Waals surface area contributed by atoms with Crippen molar-refractivity contribution in [3.8, 4) is 0 Å². The van der Waals surface area contributed by atoms with Gasteiger partial charge in [0, 0.05) is 0 Å². The van der Waals surface area contributed by atoms with Crippen LogP contribution >= 0.6 is 11.3 Å². The summed E-state index contributed by atoms with van der Waals surface area (Å²) in [4.78, 5) is 16.0. The number of fused-ring (bicyclic) bond motifs is 1. The van der Waals surface area contributed by atoms with Crippen molar-refractivity contribution in [2.75, 3.05) is 11.8 Å². The smallest absolute Gasteiger partial charge is 0.337 e. The summed E-state index contributed by atoms with van der Waals surface area (Å²) in [6.07, 6.45) is 0. The molecular weight excluding hydrogens is 348 g/mol. The molecule has 0 saturated carbocycles. The molecule has 0 aliphatic heterocycles. The number of nitrogens with one attached hydrogen (secondary N) is 1. The van der Waals surface area contributed by atoms with Crippen LogP contribution in [0.4, 0.5) is 5.13 Å². The number of esters is 1. The Bertz CT molecular complexity index is 1010. The lowest BCUT2D eigenvalue weighted by Gasteiger charge is -2.04. The Morgan fingerprint density at radius 1 is 1.17 bits per heavy atom. The second-order valence-corrected chi connectivity index (χ2v) is 7.82. The summed E-state index contributed by atoms with van der Waals surface area (Å²) < 4.78 is 32.6. The third-order valence-electron chi connectivity index (χ3n) is 3.36. The van der Waals surface area contributed by atoms with Crippen molar-refractivity contribution in [2.45, 2.75) is 11.8 Å². The summed E-state index contributed by atoms with van der Waals surface area (Å²) in [6.45, 7) is 1.89. The molecule has 0 aliphatic rings. The standard InChI is InChI=1S/C16H14N2O4S2/c1-10-3-6-12(7-4-10)24(20,21)18-16-17-13-8-5-11(15(19)22-2)9-14(13)23-16/h3-9H,1-2H3,(H,17,18). The number of thiazole rings is 1. The number of sulfonamides is 1. The highest BCUT2D eigenvalue weighted by Crippen LogP contribution is 2.28. The van der Waals surface area contributed by atoms with Gasteiger partial charge in [-0.3, -0.25) is 4.72 Å². The topological polar surface area (TPSA) is 85.4 Å². The number of methoxy groups -OCH3 is 1. The van der Waals surface area contributed by atoms with Gasteiger partial charge in [0.15, 0.2) is 5.13 Å². The number of aryl methyl sites for hydroxylation is 1. The predicted octanol–water partition coefficient (Wildman–Crippen LogP) is 3.19. The zero-order chi connectivity index (χ0) is 17.3. The first-order chi connectivity index (χ1) is 11.4. The summed E-state index contributed by atoms with van der Waals surface area (Å²) in [6, 6.07) is 11.4. The molecule has 0 spiro atoms. The van der Waals surface area contributed by atoms with Gasteiger partial charge in [-0.05, 0) is 37.3 Å². The summed E-state index contributed by atoms with van der Waals surface area (Å²) in [5.74, 6) is -0.452. The van der Waals surface area contributed by atoms with E-state index in [1.807, 2.05) is 6.92 Å². The van der Waals surface area contributed by atoms with E-state index in [2.05, 4.69) is 14.4 Å². The number of rotatable bonds is 4. The molecule has 0 unspecified atom stereocenters. The molecular formula is C16H14N2O4S2. The van der Waals surface area contributed by atoms with Crippen LogP contribution in [0.1, 0.15) is 15.9 Å². The molecule has 8 heteroatoms. The highest BCUT2D eigenvalue weighted by molar-refractivity contribution is 7.93. The van der Waals surface area contributed by atoms with Crippen LogP contribution in [0.3, 0.4) is 0 Å². The zero-order valence-corrected chi connectivity index (χ0v) is 14.6. The SMILES string of the molecule is COC(=O)c1ccc2nc(NS(=O)(=O)c3ccc(C)cc3)sc2c1. The van der Waals surface area contributed by atoms with E-state index in [-0.39, 0.29) is 10.0 Å². The van der Waals surface area contributed by atoms with Crippen LogP contribution in [0.25, 0.3) is 10.2 Å². The van der Waals surface area contributed by atoms with Gasteiger partial charge in [0.2, 0.25) is 0 Å². The Morgan fingerprint density at radius 3 is 2.54 bits per heavy atom. The van der Waals surface area contributed by atoms with E-state index in [1.165, 1.54) is 7.11 Å². The quantitative estimate of drug-likeness (QED) is 0.721. The predicted molar refractivity (Wildman–Crippen MR) is 92.9 cm³/mol. The van der Waals surface area contributed by atoms with Crippen LogP contribution in [-0.2, 0) is 14.8 Å². The number of aromatic nitrogens is 1. The third-order valence-corrected chi connectivity index (χ3v) is 5.78. The Labute approximate surface area is 143 Å². The molecule has 0 amide bonds. The molecule has 3 rings (SSSR count). The lowest BCUT2D eigenvalue weighted by molar-refractivity contribution is 0.0601. The molecule has 1 heterocycles. The Balaban J connectivity index is 1.92. The molecule has 0 bridgehead atoms. The van der Waals surface area contributed by atoms with Gasteiger partial charge in [-0.1, -0.05) is 29.0 Å². The highest BCUT2D eigenvalue weighted by atomic mass is 32.2. The Kier molecular flexibility index (Phi) is 4.25. The van der Waals surface area contributed by atoms with Crippen LogP contribution in [0.15, 0.2) is 47.4 Å². The largest absolute Gasteiger partial charge is 0.465 e. The third kappa shape index (κ3) is 3.24. The van der Waals surface area contributed by atoms with Crippen molar-refractivity contribution in [2.24, 2.45) is 0 Å². The van der Waals surface area contributed by atoms with Gasteiger partial charge < -0.3 is 4.74 Å². The first-order valence-corrected chi connectivity index (χ1v) is 9.27. The maximum absolute atomic E-state index is 12.4. The maximum atomic E-state index is 12.4. The fourth-order valence-corrected chi connectivity index (χ4v) is 4.24. The van der Waals surface area contributed by atoms with E-state index >= 15 is 0 Å². The maximum Gasteiger partial charge on any atom is 0.337 e. The van der Waals surface area contributed by atoms with Crippen molar-refractivity contribution < 1.29 is 17.9 Å². The zero-order valence-electron chi connectivity index (χ0n) is 12.9. The molecule has 0 saturated heterocycles. The fraction of sp³-hybridized carbons (Fsp3) is 0.125. The van der Waals surface area contributed by atoms with Gasteiger partial charge in [0.1, 0.15) is 0 Å². The molecule has 6 nitrogen and oxygen atoms in total. The number of benzene rings is 2. The summed E-state index contributed by atoms with van der Waals surface area (Å²) >= 11 is 1.15. The molecule has 1 aromatic heterocycles. The number of carbonyl (C=O) groups excluding carboxylic acids is 1. The normalized spacial score (nSPS) is 11.4. The Hall–Kier alpha value is -2.45. The van der Waals surface area contributed by atoms with E-state index < -0.39 is 16.0 Å². The van der Waals surface area contributed by atoms with Gasteiger partial charge >= 0.3 is 5.97 Å². The van der Waals surface area contributed by atoms with Gasteiger partial charge in [-0.25, -0.2) is 18.2 Å². The van der Waals surface area contributed by atoms with E-state index in [0.717, 1.165) is 16.9 Å². The monoisotopic (exact) mass is 362 g/mol. The van der Waals surface area contributed by atoms with E-state index in [4.69, 9.17) is 0 Å². The molecule has 2 aromatic carbocycles. The molecule has 124 valence electrons. The van der Waals surface area contributed by atoms with Gasteiger partial charge in [0.25, 0.3) is 10.0 Å². The van der Waals surface area contributed by atoms with Crippen molar-refractivity contribution >= 4 is 42.7 Å². The average molecular weight is 362 g/mol. The molecule has 24 heavy (non-hydrogen) atoms. The average Bonchev–Trinajstić information content (AvgIpc) is 2.94. The molecule has 0 aliphatic carbocycles. The van der Waals surface area contributed by atoms with Crippen molar-refractivity contribution in [1.29, 1.82) is 0 Å². The molecule has 0 atom stereocenters. The van der Waals surface area contributed by atoms with E-state index in [0.29, 0.717) is 15.8 Å². The number of hydrogen-bond acceptors (Lipinski definition) is 6. The lowest BCUT2D eigenvalue weighted by atomic mass is 10.2. The van der Waals surface area contributed by atoms with Gasteiger partial charge in [-0.2, -0.15) is 0 Å². The summed E-state index contributed by atoms with van der Waals surface area (Å²) in [5.41, 5.74) is 1.97. The molecule has 1 N–H and O–H groups in total.